The number of alkyl carbamates (subject to hydrolysis) is 1. The van der Waals surface area contributed by atoms with Crippen LogP contribution < -0.4 is 10.6 Å². The third-order valence-electron chi connectivity index (χ3n) is 3.34. The van der Waals surface area contributed by atoms with Gasteiger partial charge in [0.1, 0.15) is 11.4 Å². The van der Waals surface area contributed by atoms with Crippen LogP contribution in [-0.4, -0.2) is 36.2 Å². The molecule has 2 N–H and O–H groups in total. The zero-order valence-corrected chi connectivity index (χ0v) is 16.3. The van der Waals surface area contributed by atoms with Gasteiger partial charge < -0.3 is 20.1 Å². The van der Waals surface area contributed by atoms with E-state index in [2.05, 4.69) is 10.6 Å². The fraction of sp³-hybridized carbons (Fsp3) is 0.526. The minimum atomic E-state index is -1.03. The van der Waals surface area contributed by atoms with Gasteiger partial charge in [-0.15, -0.1) is 0 Å². The lowest BCUT2D eigenvalue weighted by molar-refractivity contribution is -0.153. The van der Waals surface area contributed by atoms with Crippen LogP contribution in [0.5, 0.6) is 0 Å². The topological polar surface area (TPSA) is 93.7 Å². The van der Waals surface area contributed by atoms with Crippen LogP contribution in [0.25, 0.3) is 0 Å². The highest BCUT2D eigenvalue weighted by atomic mass is 19.1. The number of anilines is 1. The summed E-state index contributed by atoms with van der Waals surface area (Å²) < 4.78 is 23.6. The number of nitrogens with one attached hydrogen (secondary N) is 2. The number of rotatable bonds is 7. The Morgan fingerprint density at radius 2 is 1.89 bits per heavy atom. The van der Waals surface area contributed by atoms with Gasteiger partial charge in [-0.2, -0.15) is 0 Å². The average Bonchev–Trinajstić information content (AvgIpc) is 2.53. The van der Waals surface area contributed by atoms with Gasteiger partial charge in [0.2, 0.25) is 0 Å². The van der Waals surface area contributed by atoms with Crippen molar-refractivity contribution in [3.63, 3.8) is 0 Å². The Bertz CT molecular complexity index is 685. The lowest BCUT2D eigenvalue weighted by Crippen LogP contribution is -2.33. The second-order valence-electron chi connectivity index (χ2n) is 7.12. The Labute approximate surface area is 158 Å². The maximum Gasteiger partial charge on any atom is 0.407 e. The van der Waals surface area contributed by atoms with Crippen molar-refractivity contribution in [2.45, 2.75) is 59.2 Å². The Balaban J connectivity index is 2.31. The number of benzene rings is 1. The lowest BCUT2D eigenvalue weighted by atomic mass is 10.2. The molecule has 0 fully saturated rings. The molecule has 0 aliphatic heterocycles. The molecule has 27 heavy (non-hydrogen) atoms. The zero-order chi connectivity index (χ0) is 20.6. The standard InChI is InChI=1S/C19H27FN2O5/c1-12-8-9-14(11-15(12)20)22-17(24)13(2)26-16(23)7-6-10-21-18(25)27-19(3,4)5/h8-9,11,13H,6-7,10H2,1-5H3,(H,21,25)(H,22,24)/t13-/m0/s1. The Hall–Kier alpha value is -2.64. The third kappa shape index (κ3) is 9.03. The Morgan fingerprint density at radius 3 is 2.48 bits per heavy atom. The van der Waals surface area contributed by atoms with Gasteiger partial charge in [-0.25, -0.2) is 9.18 Å². The van der Waals surface area contributed by atoms with Crippen molar-refractivity contribution < 1.29 is 28.2 Å². The van der Waals surface area contributed by atoms with Crippen LogP contribution in [0, 0.1) is 12.7 Å². The van der Waals surface area contributed by atoms with Gasteiger partial charge >= 0.3 is 12.1 Å². The summed E-state index contributed by atoms with van der Waals surface area (Å²) in [5.41, 5.74) is 0.159. The summed E-state index contributed by atoms with van der Waals surface area (Å²) in [4.78, 5) is 35.2. The molecule has 0 saturated heterocycles. The molecule has 0 spiro atoms. The van der Waals surface area contributed by atoms with E-state index in [-0.39, 0.29) is 18.7 Å². The average molecular weight is 382 g/mol. The molecule has 0 aliphatic carbocycles. The van der Waals surface area contributed by atoms with Crippen LogP contribution in [0.2, 0.25) is 0 Å². The number of esters is 1. The SMILES string of the molecule is Cc1ccc(NC(=O)[C@H](C)OC(=O)CCCNC(=O)OC(C)(C)C)cc1F. The first kappa shape index (κ1) is 22.4. The van der Waals surface area contributed by atoms with Gasteiger partial charge in [-0.05, 0) is 58.7 Å². The molecule has 0 aliphatic rings. The first-order chi connectivity index (χ1) is 12.5. The highest BCUT2D eigenvalue weighted by Gasteiger charge is 2.19. The van der Waals surface area contributed by atoms with Crippen molar-refractivity contribution in [1.82, 2.24) is 5.32 Å². The van der Waals surface area contributed by atoms with Crippen LogP contribution in [0.1, 0.15) is 46.1 Å². The van der Waals surface area contributed by atoms with Crippen molar-refractivity contribution in [2.24, 2.45) is 0 Å². The highest BCUT2D eigenvalue weighted by molar-refractivity contribution is 5.95. The summed E-state index contributed by atoms with van der Waals surface area (Å²) in [6.45, 7) is 8.54. The molecule has 1 rings (SSSR count). The molecule has 1 aromatic rings. The molecule has 7 nitrogen and oxygen atoms in total. The molecular weight excluding hydrogens is 355 g/mol. The van der Waals surface area contributed by atoms with Crippen molar-refractivity contribution in [1.29, 1.82) is 0 Å². The number of halogens is 1. The lowest BCUT2D eigenvalue weighted by Gasteiger charge is -2.19. The predicted molar refractivity (Wildman–Crippen MR) is 98.8 cm³/mol. The normalized spacial score (nSPS) is 12.1. The largest absolute Gasteiger partial charge is 0.453 e. The minimum absolute atomic E-state index is 0.0343. The summed E-state index contributed by atoms with van der Waals surface area (Å²) in [7, 11) is 0. The van der Waals surface area contributed by atoms with E-state index in [4.69, 9.17) is 9.47 Å². The maximum atomic E-state index is 13.5. The van der Waals surface area contributed by atoms with Gasteiger partial charge in [0.25, 0.3) is 5.91 Å². The Kier molecular flexibility index (Phi) is 8.21. The van der Waals surface area contributed by atoms with Gasteiger partial charge in [0.05, 0.1) is 0 Å². The molecule has 1 atom stereocenters. The van der Waals surface area contributed by atoms with Gasteiger partial charge in [0.15, 0.2) is 6.10 Å². The number of aryl methyl sites for hydroxylation is 1. The van der Waals surface area contributed by atoms with Crippen LogP contribution in [0.3, 0.4) is 0 Å². The van der Waals surface area contributed by atoms with E-state index in [1.165, 1.54) is 13.0 Å². The summed E-state index contributed by atoms with van der Waals surface area (Å²) in [5, 5.41) is 5.02. The van der Waals surface area contributed by atoms with Crippen LogP contribution in [0.15, 0.2) is 18.2 Å². The first-order valence-corrected chi connectivity index (χ1v) is 8.71. The number of carbonyl (C=O) groups is 3. The van der Waals surface area contributed by atoms with Crippen LogP contribution in [-0.2, 0) is 19.1 Å². The molecule has 0 unspecified atom stereocenters. The number of ether oxygens (including phenoxy) is 2. The van der Waals surface area contributed by atoms with E-state index in [1.807, 2.05) is 0 Å². The summed E-state index contributed by atoms with van der Waals surface area (Å²) in [5.74, 6) is -1.56. The van der Waals surface area contributed by atoms with Crippen molar-refractivity contribution >= 4 is 23.7 Å². The molecule has 1 aromatic carbocycles. The van der Waals surface area contributed by atoms with E-state index >= 15 is 0 Å². The predicted octanol–water partition coefficient (Wildman–Crippen LogP) is 3.31. The smallest absolute Gasteiger partial charge is 0.407 e. The molecule has 0 radical (unpaired) electrons. The monoisotopic (exact) mass is 382 g/mol. The molecule has 150 valence electrons. The second-order valence-corrected chi connectivity index (χ2v) is 7.12. The van der Waals surface area contributed by atoms with Gasteiger partial charge in [-0.3, -0.25) is 9.59 Å². The second kappa shape index (κ2) is 9.89. The number of amides is 2. The quantitative estimate of drug-likeness (QED) is 0.557. The molecule has 0 saturated carbocycles. The van der Waals surface area contributed by atoms with Crippen molar-refractivity contribution in [3.8, 4) is 0 Å². The van der Waals surface area contributed by atoms with Crippen molar-refractivity contribution in [2.75, 3.05) is 11.9 Å². The fourth-order valence-electron chi connectivity index (χ4n) is 1.96. The van der Waals surface area contributed by atoms with Crippen molar-refractivity contribution in [3.05, 3.63) is 29.6 Å². The van der Waals surface area contributed by atoms with Gasteiger partial charge in [-0.1, -0.05) is 6.07 Å². The van der Waals surface area contributed by atoms with Crippen LogP contribution >= 0.6 is 0 Å². The number of hydrogen-bond acceptors (Lipinski definition) is 5. The van der Waals surface area contributed by atoms with Crippen LogP contribution in [0.4, 0.5) is 14.9 Å². The molecule has 0 bridgehead atoms. The zero-order valence-electron chi connectivity index (χ0n) is 16.3. The minimum Gasteiger partial charge on any atom is -0.453 e. The fourth-order valence-corrected chi connectivity index (χ4v) is 1.96. The van der Waals surface area contributed by atoms with E-state index in [9.17, 15) is 18.8 Å². The number of hydrogen-bond donors (Lipinski definition) is 2. The third-order valence-corrected chi connectivity index (χ3v) is 3.34. The summed E-state index contributed by atoms with van der Waals surface area (Å²) >= 11 is 0. The van der Waals surface area contributed by atoms with E-state index in [0.717, 1.165) is 0 Å². The summed E-state index contributed by atoms with van der Waals surface area (Å²) in [6.07, 6.45) is -1.21. The summed E-state index contributed by atoms with van der Waals surface area (Å²) in [6, 6.07) is 4.30. The number of carbonyl (C=O) groups excluding carboxylic acids is 3. The molecule has 2 amide bonds. The maximum absolute atomic E-state index is 13.5. The van der Waals surface area contributed by atoms with Gasteiger partial charge in [0, 0.05) is 18.7 Å². The molecular formula is C19H27FN2O5. The van der Waals surface area contributed by atoms with E-state index in [0.29, 0.717) is 12.0 Å². The van der Waals surface area contributed by atoms with E-state index < -0.39 is 35.5 Å². The Morgan fingerprint density at radius 1 is 1.22 bits per heavy atom. The molecule has 8 heteroatoms. The van der Waals surface area contributed by atoms with E-state index in [1.54, 1.807) is 39.8 Å². The molecule has 0 heterocycles. The highest BCUT2D eigenvalue weighted by Crippen LogP contribution is 2.14. The molecule has 0 aromatic heterocycles. The first-order valence-electron chi connectivity index (χ1n) is 8.71.